The van der Waals surface area contributed by atoms with E-state index in [0.717, 1.165) is 30.7 Å². The Bertz CT molecular complexity index is 1060. The molecule has 28 heavy (non-hydrogen) atoms. The van der Waals surface area contributed by atoms with Crippen LogP contribution in [0.4, 0.5) is 11.4 Å². The summed E-state index contributed by atoms with van der Waals surface area (Å²) in [4.78, 5) is 11.4. The fourth-order valence-corrected chi connectivity index (χ4v) is 3.54. The molecule has 2 N–H and O–H groups in total. The molecule has 1 aliphatic heterocycles. The molecule has 0 atom stereocenters. The van der Waals surface area contributed by atoms with Gasteiger partial charge in [0.05, 0.1) is 16.9 Å². The maximum atomic E-state index is 11.4. The van der Waals surface area contributed by atoms with Gasteiger partial charge in [0.25, 0.3) is 0 Å². The standard InChI is InChI=1S/C24H23NO3/c1-15-9-10-17(13-16(15)2)5-3-6-18-11-12-20-22(14-18)28-21-8-4-7-19(24(26)27)23(21)25-20/h4,7-14,25H,3,5-6H2,1-2H3,(H,26,27). The predicted octanol–water partition coefficient (Wildman–Crippen LogP) is 6.03. The van der Waals surface area contributed by atoms with Gasteiger partial charge in [-0.1, -0.05) is 30.3 Å². The first kappa shape index (κ1) is 18.1. The minimum absolute atomic E-state index is 0.209. The molecule has 0 saturated heterocycles. The summed E-state index contributed by atoms with van der Waals surface area (Å²) in [5, 5.41) is 12.6. The Morgan fingerprint density at radius 1 is 0.929 bits per heavy atom. The van der Waals surface area contributed by atoms with Crippen LogP contribution < -0.4 is 10.1 Å². The summed E-state index contributed by atoms with van der Waals surface area (Å²) < 4.78 is 5.98. The van der Waals surface area contributed by atoms with Crippen molar-refractivity contribution in [3.63, 3.8) is 0 Å². The van der Waals surface area contributed by atoms with E-state index >= 15 is 0 Å². The summed E-state index contributed by atoms with van der Waals surface area (Å²) in [6.45, 7) is 4.29. The van der Waals surface area contributed by atoms with Gasteiger partial charge in [-0.3, -0.25) is 0 Å². The Hall–Kier alpha value is -3.27. The van der Waals surface area contributed by atoms with Crippen molar-refractivity contribution in [2.75, 3.05) is 5.32 Å². The van der Waals surface area contributed by atoms with Gasteiger partial charge in [0.1, 0.15) is 0 Å². The van der Waals surface area contributed by atoms with Crippen LogP contribution in [0.15, 0.2) is 54.6 Å². The van der Waals surface area contributed by atoms with Crippen molar-refractivity contribution in [1.29, 1.82) is 0 Å². The summed E-state index contributed by atoms with van der Waals surface area (Å²) >= 11 is 0. The molecule has 4 rings (SSSR count). The fraction of sp³-hybridized carbons (Fsp3) is 0.208. The molecule has 3 aromatic rings. The van der Waals surface area contributed by atoms with Gasteiger partial charge in [-0.25, -0.2) is 4.79 Å². The molecule has 4 heteroatoms. The van der Waals surface area contributed by atoms with E-state index < -0.39 is 5.97 Å². The van der Waals surface area contributed by atoms with E-state index in [-0.39, 0.29) is 5.56 Å². The molecule has 0 spiro atoms. The van der Waals surface area contributed by atoms with Crippen LogP contribution in [0.2, 0.25) is 0 Å². The number of aromatic carboxylic acids is 1. The fourth-order valence-electron chi connectivity index (χ4n) is 3.54. The molecule has 0 amide bonds. The second-order valence-electron chi connectivity index (χ2n) is 7.31. The Labute approximate surface area is 164 Å². The van der Waals surface area contributed by atoms with Gasteiger partial charge in [0.2, 0.25) is 0 Å². The van der Waals surface area contributed by atoms with Crippen LogP contribution in [-0.4, -0.2) is 11.1 Å². The molecule has 3 aromatic carbocycles. The number of carbonyl (C=O) groups is 1. The predicted molar refractivity (Wildman–Crippen MR) is 111 cm³/mol. The molecular weight excluding hydrogens is 350 g/mol. The van der Waals surface area contributed by atoms with Gasteiger partial charge >= 0.3 is 5.97 Å². The number of carboxylic acids is 1. The number of fused-ring (bicyclic) bond motifs is 2. The molecule has 0 bridgehead atoms. The average Bonchev–Trinajstić information content (AvgIpc) is 2.68. The molecule has 4 nitrogen and oxygen atoms in total. The van der Waals surface area contributed by atoms with Gasteiger partial charge < -0.3 is 15.2 Å². The number of anilines is 2. The molecular formula is C24H23NO3. The van der Waals surface area contributed by atoms with Crippen LogP contribution in [0.3, 0.4) is 0 Å². The summed E-state index contributed by atoms with van der Waals surface area (Å²) in [7, 11) is 0. The van der Waals surface area contributed by atoms with E-state index in [9.17, 15) is 9.90 Å². The molecule has 0 radical (unpaired) electrons. The normalized spacial score (nSPS) is 11.8. The Balaban J connectivity index is 1.46. The van der Waals surface area contributed by atoms with Crippen molar-refractivity contribution in [2.45, 2.75) is 33.1 Å². The monoisotopic (exact) mass is 373 g/mol. The van der Waals surface area contributed by atoms with Crippen LogP contribution in [0, 0.1) is 13.8 Å². The second-order valence-corrected chi connectivity index (χ2v) is 7.31. The molecule has 0 fully saturated rings. The third-order valence-electron chi connectivity index (χ3n) is 5.28. The highest BCUT2D eigenvalue weighted by Gasteiger charge is 2.22. The molecule has 0 aromatic heterocycles. The maximum absolute atomic E-state index is 11.4. The van der Waals surface area contributed by atoms with Crippen molar-refractivity contribution in [3.05, 3.63) is 82.4 Å². The van der Waals surface area contributed by atoms with Crippen LogP contribution >= 0.6 is 0 Å². The second kappa shape index (κ2) is 7.39. The molecule has 0 saturated carbocycles. The number of para-hydroxylation sites is 1. The lowest BCUT2D eigenvalue weighted by Gasteiger charge is -2.23. The van der Waals surface area contributed by atoms with E-state index in [1.54, 1.807) is 18.2 Å². The lowest BCUT2D eigenvalue weighted by molar-refractivity contribution is 0.0697. The van der Waals surface area contributed by atoms with Crippen LogP contribution in [0.5, 0.6) is 11.5 Å². The summed E-state index contributed by atoms with van der Waals surface area (Å²) in [5.74, 6) is 0.303. The third-order valence-corrected chi connectivity index (χ3v) is 5.28. The molecule has 142 valence electrons. The van der Waals surface area contributed by atoms with Gasteiger partial charge in [-0.2, -0.15) is 0 Å². The molecule has 1 aliphatic rings. The highest BCUT2D eigenvalue weighted by Crippen LogP contribution is 2.43. The van der Waals surface area contributed by atoms with Crippen LogP contribution in [0.1, 0.15) is 39.0 Å². The maximum Gasteiger partial charge on any atom is 0.337 e. The van der Waals surface area contributed by atoms with E-state index in [0.29, 0.717) is 11.4 Å². The van der Waals surface area contributed by atoms with Crippen molar-refractivity contribution in [1.82, 2.24) is 0 Å². The molecule has 0 unspecified atom stereocenters. The van der Waals surface area contributed by atoms with E-state index in [1.165, 1.54) is 22.3 Å². The molecule has 0 aliphatic carbocycles. The number of aryl methyl sites for hydroxylation is 4. The number of hydrogen-bond acceptors (Lipinski definition) is 3. The van der Waals surface area contributed by atoms with Crippen LogP contribution in [0.25, 0.3) is 0 Å². The zero-order valence-electron chi connectivity index (χ0n) is 16.1. The van der Waals surface area contributed by atoms with Crippen molar-refractivity contribution < 1.29 is 14.6 Å². The van der Waals surface area contributed by atoms with Gasteiger partial charge in [0.15, 0.2) is 11.5 Å². The van der Waals surface area contributed by atoms with E-state index in [4.69, 9.17) is 4.74 Å². The third kappa shape index (κ3) is 3.58. The number of rotatable bonds is 5. The topological polar surface area (TPSA) is 58.6 Å². The SMILES string of the molecule is Cc1ccc(CCCc2ccc3c(c2)Oc2cccc(C(=O)O)c2N3)cc1C. The van der Waals surface area contributed by atoms with Gasteiger partial charge in [-0.05, 0) is 79.6 Å². The smallest absolute Gasteiger partial charge is 0.337 e. The minimum atomic E-state index is -0.973. The number of carboxylic acid groups (broad SMARTS) is 1. The first-order valence-electron chi connectivity index (χ1n) is 9.51. The summed E-state index contributed by atoms with van der Waals surface area (Å²) in [6.07, 6.45) is 3.07. The van der Waals surface area contributed by atoms with E-state index in [2.05, 4.69) is 43.4 Å². The summed E-state index contributed by atoms with van der Waals surface area (Å²) in [5.41, 5.74) is 6.75. The van der Waals surface area contributed by atoms with Gasteiger partial charge in [-0.15, -0.1) is 0 Å². The number of hydrogen-bond donors (Lipinski definition) is 2. The highest BCUT2D eigenvalue weighted by molar-refractivity contribution is 5.98. The zero-order valence-corrected chi connectivity index (χ0v) is 16.1. The number of nitrogens with one attached hydrogen (secondary N) is 1. The van der Waals surface area contributed by atoms with Gasteiger partial charge in [0, 0.05) is 0 Å². The quantitative estimate of drug-likeness (QED) is 0.449. The molecule has 1 heterocycles. The Morgan fingerprint density at radius 3 is 2.43 bits per heavy atom. The Kier molecular flexibility index (Phi) is 4.78. The lowest BCUT2D eigenvalue weighted by Crippen LogP contribution is -2.09. The van der Waals surface area contributed by atoms with Crippen LogP contribution in [-0.2, 0) is 12.8 Å². The minimum Gasteiger partial charge on any atom is -0.478 e. The first-order valence-corrected chi connectivity index (χ1v) is 9.51. The van der Waals surface area contributed by atoms with Crippen molar-refractivity contribution in [2.24, 2.45) is 0 Å². The van der Waals surface area contributed by atoms with Crippen molar-refractivity contribution in [3.8, 4) is 11.5 Å². The summed E-state index contributed by atoms with van der Waals surface area (Å²) in [6, 6.07) is 17.8. The Morgan fingerprint density at radius 2 is 1.68 bits per heavy atom. The average molecular weight is 373 g/mol. The number of benzene rings is 3. The zero-order chi connectivity index (χ0) is 19.7. The van der Waals surface area contributed by atoms with E-state index in [1.807, 2.05) is 12.1 Å². The lowest BCUT2D eigenvalue weighted by atomic mass is 10.00. The largest absolute Gasteiger partial charge is 0.478 e. The first-order chi connectivity index (χ1) is 13.5. The highest BCUT2D eigenvalue weighted by atomic mass is 16.5. The van der Waals surface area contributed by atoms with Crippen molar-refractivity contribution >= 4 is 17.3 Å². The number of ether oxygens (including phenoxy) is 1.